The Balaban J connectivity index is 2.32. The van der Waals surface area contributed by atoms with Crippen LogP contribution in [0.15, 0.2) is 24.3 Å². The van der Waals surface area contributed by atoms with Crippen molar-refractivity contribution in [3.05, 3.63) is 40.7 Å². The van der Waals surface area contributed by atoms with Crippen molar-refractivity contribution >= 4 is 17.4 Å². The van der Waals surface area contributed by atoms with E-state index in [0.717, 1.165) is 5.56 Å². The Bertz CT molecular complexity index is 607. The highest BCUT2D eigenvalue weighted by Gasteiger charge is 2.08. The molecule has 106 valence electrons. The molecule has 0 fully saturated rings. The molecule has 2 rings (SSSR count). The highest BCUT2D eigenvalue weighted by molar-refractivity contribution is 6.32. The first-order valence-corrected chi connectivity index (χ1v) is 6.27. The Morgan fingerprint density at radius 1 is 1.30 bits per heavy atom. The zero-order valence-corrected chi connectivity index (χ0v) is 11.9. The van der Waals surface area contributed by atoms with Crippen LogP contribution < -0.4 is 16.0 Å². The van der Waals surface area contributed by atoms with E-state index in [0.29, 0.717) is 28.3 Å². The number of methoxy groups -OCH3 is 1. The number of aryl methyl sites for hydroxylation is 1. The molecule has 1 heterocycles. The Morgan fingerprint density at radius 2 is 2.10 bits per heavy atom. The van der Waals surface area contributed by atoms with E-state index >= 15 is 0 Å². The standard InChI is InChI=1S/C13H15ClN4O2/c1-8-3-4-9(14)10(5-8)20-13-6-11(18-15)16-12(17-13)7-19-2/h3-6H,7,15H2,1-2H3,(H,16,17,18). The van der Waals surface area contributed by atoms with E-state index in [1.165, 1.54) is 0 Å². The Labute approximate surface area is 121 Å². The van der Waals surface area contributed by atoms with E-state index in [-0.39, 0.29) is 6.61 Å². The van der Waals surface area contributed by atoms with Crippen LogP contribution in [0, 0.1) is 6.92 Å². The molecule has 0 aliphatic rings. The molecule has 7 heteroatoms. The predicted octanol–water partition coefficient (Wildman–Crippen LogP) is 2.66. The van der Waals surface area contributed by atoms with Crippen molar-refractivity contribution < 1.29 is 9.47 Å². The van der Waals surface area contributed by atoms with E-state index in [9.17, 15) is 0 Å². The summed E-state index contributed by atoms with van der Waals surface area (Å²) in [7, 11) is 1.56. The van der Waals surface area contributed by atoms with Crippen LogP contribution in [0.25, 0.3) is 0 Å². The molecule has 0 aliphatic carbocycles. The number of hydrazine groups is 1. The highest BCUT2D eigenvalue weighted by Crippen LogP contribution is 2.30. The van der Waals surface area contributed by atoms with E-state index < -0.39 is 0 Å². The molecular formula is C13H15ClN4O2. The smallest absolute Gasteiger partial charge is 0.224 e. The molecule has 2 aromatic rings. The van der Waals surface area contributed by atoms with Gasteiger partial charge in [0, 0.05) is 13.2 Å². The summed E-state index contributed by atoms with van der Waals surface area (Å²) in [5.41, 5.74) is 3.49. The lowest BCUT2D eigenvalue weighted by Crippen LogP contribution is -2.11. The molecule has 6 nitrogen and oxygen atoms in total. The lowest BCUT2D eigenvalue weighted by Gasteiger charge is -2.10. The Kier molecular flexibility index (Phi) is 4.73. The molecule has 0 saturated carbocycles. The van der Waals surface area contributed by atoms with Gasteiger partial charge in [0.05, 0.1) is 5.02 Å². The maximum absolute atomic E-state index is 6.09. The van der Waals surface area contributed by atoms with Crippen LogP contribution in [0.5, 0.6) is 11.6 Å². The van der Waals surface area contributed by atoms with Gasteiger partial charge in [0.2, 0.25) is 5.88 Å². The third-order valence-electron chi connectivity index (χ3n) is 2.47. The number of aromatic nitrogens is 2. The van der Waals surface area contributed by atoms with Crippen molar-refractivity contribution in [2.75, 3.05) is 12.5 Å². The van der Waals surface area contributed by atoms with Crippen molar-refractivity contribution in [1.82, 2.24) is 9.97 Å². The summed E-state index contributed by atoms with van der Waals surface area (Å²) in [5, 5.41) is 0.504. The van der Waals surface area contributed by atoms with E-state index in [4.69, 9.17) is 26.9 Å². The van der Waals surface area contributed by atoms with Gasteiger partial charge < -0.3 is 14.9 Å². The first kappa shape index (κ1) is 14.5. The SMILES string of the molecule is COCc1nc(NN)cc(Oc2cc(C)ccc2Cl)n1. The third kappa shape index (κ3) is 3.57. The van der Waals surface area contributed by atoms with Crippen molar-refractivity contribution in [3.8, 4) is 11.6 Å². The van der Waals surface area contributed by atoms with Crippen molar-refractivity contribution in [2.24, 2.45) is 5.84 Å². The molecule has 0 unspecified atom stereocenters. The van der Waals surface area contributed by atoms with Gasteiger partial charge in [-0.3, -0.25) is 0 Å². The maximum Gasteiger partial charge on any atom is 0.224 e. The monoisotopic (exact) mass is 294 g/mol. The van der Waals surface area contributed by atoms with E-state index in [1.807, 2.05) is 19.1 Å². The predicted molar refractivity (Wildman–Crippen MR) is 76.8 cm³/mol. The quantitative estimate of drug-likeness (QED) is 0.652. The first-order chi connectivity index (χ1) is 9.62. The molecule has 0 radical (unpaired) electrons. The number of nitrogens with two attached hydrogens (primary N) is 1. The van der Waals surface area contributed by atoms with Crippen LogP contribution in [-0.2, 0) is 11.3 Å². The summed E-state index contributed by atoms with van der Waals surface area (Å²) >= 11 is 6.09. The van der Waals surface area contributed by atoms with Crippen LogP contribution in [-0.4, -0.2) is 17.1 Å². The molecule has 0 bridgehead atoms. The number of nitrogens with zero attached hydrogens (tertiary/aromatic N) is 2. The lowest BCUT2D eigenvalue weighted by atomic mass is 10.2. The molecule has 0 aliphatic heterocycles. The number of ether oxygens (including phenoxy) is 2. The van der Waals surface area contributed by atoms with Gasteiger partial charge in [0.25, 0.3) is 0 Å². The van der Waals surface area contributed by atoms with Gasteiger partial charge >= 0.3 is 0 Å². The summed E-state index contributed by atoms with van der Waals surface area (Å²) in [6, 6.07) is 7.08. The number of hydrogen-bond acceptors (Lipinski definition) is 6. The number of anilines is 1. The van der Waals surface area contributed by atoms with Crippen molar-refractivity contribution in [1.29, 1.82) is 0 Å². The van der Waals surface area contributed by atoms with Crippen LogP contribution >= 0.6 is 11.6 Å². The fourth-order valence-electron chi connectivity index (χ4n) is 1.59. The molecule has 20 heavy (non-hydrogen) atoms. The van der Waals surface area contributed by atoms with Gasteiger partial charge in [0.1, 0.15) is 18.2 Å². The van der Waals surface area contributed by atoms with Gasteiger partial charge in [-0.05, 0) is 24.6 Å². The maximum atomic E-state index is 6.09. The number of benzene rings is 1. The molecule has 1 aromatic carbocycles. The number of halogens is 1. The Morgan fingerprint density at radius 3 is 2.80 bits per heavy atom. The van der Waals surface area contributed by atoms with Crippen LogP contribution in [0.3, 0.4) is 0 Å². The second-order valence-corrected chi connectivity index (χ2v) is 4.53. The third-order valence-corrected chi connectivity index (χ3v) is 2.78. The average Bonchev–Trinajstić information content (AvgIpc) is 2.43. The van der Waals surface area contributed by atoms with Gasteiger partial charge in [-0.2, -0.15) is 4.98 Å². The van der Waals surface area contributed by atoms with Crippen molar-refractivity contribution in [3.63, 3.8) is 0 Å². The first-order valence-electron chi connectivity index (χ1n) is 5.90. The fourth-order valence-corrected chi connectivity index (χ4v) is 1.75. The normalized spacial score (nSPS) is 10.4. The second kappa shape index (κ2) is 6.51. The average molecular weight is 295 g/mol. The second-order valence-electron chi connectivity index (χ2n) is 4.12. The van der Waals surface area contributed by atoms with Crippen molar-refractivity contribution in [2.45, 2.75) is 13.5 Å². The summed E-state index contributed by atoms with van der Waals surface area (Å²) in [4.78, 5) is 8.36. The molecule has 1 aromatic heterocycles. The number of hydrogen-bond donors (Lipinski definition) is 2. The number of nitrogens with one attached hydrogen (secondary N) is 1. The van der Waals surface area contributed by atoms with Crippen LogP contribution in [0.1, 0.15) is 11.4 Å². The van der Waals surface area contributed by atoms with Gasteiger partial charge in [-0.1, -0.05) is 17.7 Å². The molecule has 0 spiro atoms. The summed E-state index contributed by atoms with van der Waals surface area (Å²) < 4.78 is 10.7. The number of nitrogen functional groups attached to an aromatic ring is 1. The fraction of sp³-hybridized carbons (Fsp3) is 0.231. The highest BCUT2D eigenvalue weighted by atomic mass is 35.5. The topological polar surface area (TPSA) is 82.3 Å². The molecule has 0 atom stereocenters. The molecular weight excluding hydrogens is 280 g/mol. The number of rotatable bonds is 5. The molecule has 0 saturated heterocycles. The molecule has 3 N–H and O–H groups in total. The van der Waals surface area contributed by atoms with Crippen LogP contribution in [0.4, 0.5) is 5.82 Å². The molecule has 0 amide bonds. The minimum Gasteiger partial charge on any atom is -0.437 e. The lowest BCUT2D eigenvalue weighted by molar-refractivity contribution is 0.177. The largest absolute Gasteiger partial charge is 0.437 e. The van der Waals surface area contributed by atoms with Gasteiger partial charge in [0.15, 0.2) is 5.82 Å². The summed E-state index contributed by atoms with van der Waals surface area (Å²) in [5.74, 6) is 7.13. The van der Waals surface area contributed by atoms with Crippen LogP contribution in [0.2, 0.25) is 5.02 Å². The van der Waals surface area contributed by atoms with E-state index in [1.54, 1.807) is 19.2 Å². The zero-order valence-electron chi connectivity index (χ0n) is 11.2. The van der Waals surface area contributed by atoms with Gasteiger partial charge in [-0.15, -0.1) is 0 Å². The Hall–Kier alpha value is -1.89. The zero-order chi connectivity index (χ0) is 14.5. The minimum atomic E-state index is 0.257. The summed E-state index contributed by atoms with van der Waals surface area (Å²) in [6.07, 6.45) is 0. The van der Waals surface area contributed by atoms with Gasteiger partial charge in [-0.25, -0.2) is 10.8 Å². The van der Waals surface area contributed by atoms with E-state index in [2.05, 4.69) is 15.4 Å². The minimum absolute atomic E-state index is 0.257. The summed E-state index contributed by atoms with van der Waals surface area (Å²) in [6.45, 7) is 2.21.